The van der Waals surface area contributed by atoms with Crippen LogP contribution in [-0.2, 0) is 9.53 Å². The van der Waals surface area contributed by atoms with Crippen molar-refractivity contribution < 1.29 is 23.8 Å². The number of likely N-dealkylation sites (tertiary alicyclic amines) is 1. The zero-order valence-corrected chi connectivity index (χ0v) is 11.8. The molecule has 0 unspecified atom stereocenters. The highest BCUT2D eigenvalue weighted by molar-refractivity contribution is 5.78. The first-order valence-electron chi connectivity index (χ1n) is 7.00. The van der Waals surface area contributed by atoms with Gasteiger partial charge in [0, 0.05) is 6.42 Å². The van der Waals surface area contributed by atoms with Gasteiger partial charge in [-0.3, -0.25) is 4.79 Å². The molecule has 1 aromatic carbocycles. The standard InChI is InChI=1S/C15H20FNO4/c16-12-8-13(10-18)17(9-12)15(19)11-20-6-7-21-14-4-2-1-3-5-14/h1-5,12-13,18H,6-11H2/t12-,13-/m0/s1. The molecule has 1 aliphatic rings. The number of hydrogen-bond acceptors (Lipinski definition) is 4. The first-order valence-corrected chi connectivity index (χ1v) is 7.00. The third kappa shape index (κ3) is 4.68. The van der Waals surface area contributed by atoms with E-state index in [-0.39, 0.29) is 38.7 Å². The third-order valence-electron chi connectivity index (χ3n) is 3.36. The lowest BCUT2D eigenvalue weighted by Gasteiger charge is -2.22. The molecule has 1 aliphatic heterocycles. The van der Waals surface area contributed by atoms with Crippen molar-refractivity contribution in [1.29, 1.82) is 0 Å². The minimum absolute atomic E-state index is 0.0357. The second-order valence-corrected chi connectivity index (χ2v) is 4.93. The lowest BCUT2D eigenvalue weighted by atomic mass is 10.2. The Kier molecular flexibility index (Phi) is 5.95. The van der Waals surface area contributed by atoms with E-state index in [2.05, 4.69) is 0 Å². The number of carbonyl (C=O) groups excluding carboxylic acids is 1. The molecule has 1 N–H and O–H groups in total. The summed E-state index contributed by atoms with van der Waals surface area (Å²) in [6, 6.07) is 8.88. The molecule has 2 atom stereocenters. The number of rotatable bonds is 7. The van der Waals surface area contributed by atoms with E-state index < -0.39 is 12.2 Å². The van der Waals surface area contributed by atoms with E-state index in [0.717, 1.165) is 5.75 Å². The van der Waals surface area contributed by atoms with Crippen LogP contribution in [-0.4, -0.2) is 61.1 Å². The first kappa shape index (κ1) is 15.7. The highest BCUT2D eigenvalue weighted by Crippen LogP contribution is 2.20. The second-order valence-electron chi connectivity index (χ2n) is 4.93. The number of benzene rings is 1. The van der Waals surface area contributed by atoms with Crippen molar-refractivity contribution in [3.8, 4) is 5.75 Å². The highest BCUT2D eigenvalue weighted by atomic mass is 19.1. The third-order valence-corrected chi connectivity index (χ3v) is 3.36. The summed E-state index contributed by atoms with van der Waals surface area (Å²) >= 11 is 0. The van der Waals surface area contributed by atoms with E-state index in [9.17, 15) is 9.18 Å². The van der Waals surface area contributed by atoms with Crippen LogP contribution in [0.15, 0.2) is 30.3 Å². The molecule has 116 valence electrons. The monoisotopic (exact) mass is 297 g/mol. The number of halogens is 1. The molecule has 5 nitrogen and oxygen atoms in total. The minimum atomic E-state index is -1.06. The molecule has 0 aliphatic carbocycles. The van der Waals surface area contributed by atoms with Crippen LogP contribution in [0.4, 0.5) is 4.39 Å². The van der Waals surface area contributed by atoms with E-state index in [1.807, 2.05) is 30.3 Å². The molecule has 0 radical (unpaired) electrons. The Balaban J connectivity index is 1.63. The Morgan fingerprint density at radius 1 is 1.33 bits per heavy atom. The van der Waals surface area contributed by atoms with Gasteiger partial charge in [-0.05, 0) is 12.1 Å². The maximum Gasteiger partial charge on any atom is 0.248 e. The van der Waals surface area contributed by atoms with Gasteiger partial charge >= 0.3 is 0 Å². The van der Waals surface area contributed by atoms with Gasteiger partial charge in [-0.2, -0.15) is 0 Å². The first-order chi connectivity index (χ1) is 10.2. The largest absolute Gasteiger partial charge is 0.491 e. The van der Waals surface area contributed by atoms with Crippen molar-refractivity contribution in [3.63, 3.8) is 0 Å². The molecule has 0 bridgehead atoms. The minimum Gasteiger partial charge on any atom is -0.491 e. The van der Waals surface area contributed by atoms with E-state index in [0.29, 0.717) is 6.61 Å². The Labute approximate surface area is 123 Å². The van der Waals surface area contributed by atoms with Gasteiger partial charge in [0.2, 0.25) is 5.91 Å². The van der Waals surface area contributed by atoms with Gasteiger partial charge in [0.1, 0.15) is 25.1 Å². The zero-order chi connectivity index (χ0) is 15.1. The summed E-state index contributed by atoms with van der Waals surface area (Å²) in [5.41, 5.74) is 0. The summed E-state index contributed by atoms with van der Waals surface area (Å²) in [7, 11) is 0. The number of ether oxygens (including phenoxy) is 2. The summed E-state index contributed by atoms with van der Waals surface area (Å²) in [6.07, 6.45) is -0.869. The zero-order valence-electron chi connectivity index (χ0n) is 11.8. The van der Waals surface area contributed by atoms with E-state index in [1.165, 1.54) is 4.90 Å². The molecule has 1 amide bonds. The lowest BCUT2D eigenvalue weighted by molar-refractivity contribution is -0.138. The molecule has 0 saturated carbocycles. The summed E-state index contributed by atoms with van der Waals surface area (Å²) < 4.78 is 23.9. The van der Waals surface area contributed by atoms with Gasteiger partial charge < -0.3 is 19.5 Å². The smallest absolute Gasteiger partial charge is 0.248 e. The van der Waals surface area contributed by atoms with Gasteiger partial charge in [-0.1, -0.05) is 18.2 Å². The fourth-order valence-corrected chi connectivity index (χ4v) is 2.32. The molecule has 21 heavy (non-hydrogen) atoms. The molecular weight excluding hydrogens is 277 g/mol. The highest BCUT2D eigenvalue weighted by Gasteiger charge is 2.34. The molecule has 1 fully saturated rings. The van der Waals surface area contributed by atoms with Gasteiger partial charge in [-0.15, -0.1) is 0 Å². The van der Waals surface area contributed by atoms with Crippen molar-refractivity contribution >= 4 is 5.91 Å². The second kappa shape index (κ2) is 7.95. The molecule has 2 rings (SSSR count). The average Bonchev–Trinajstić information content (AvgIpc) is 2.89. The lowest BCUT2D eigenvalue weighted by Crippen LogP contribution is -2.40. The van der Waals surface area contributed by atoms with Crippen LogP contribution < -0.4 is 4.74 Å². The SMILES string of the molecule is O=C(COCCOc1ccccc1)N1C[C@@H](F)C[C@H]1CO. The predicted octanol–water partition coefficient (Wildman–Crippen LogP) is 1.01. The van der Waals surface area contributed by atoms with Crippen molar-refractivity contribution in [2.24, 2.45) is 0 Å². The number of aliphatic hydroxyl groups is 1. The van der Waals surface area contributed by atoms with Crippen molar-refractivity contribution in [2.45, 2.75) is 18.6 Å². The Bertz CT molecular complexity index is 443. The Morgan fingerprint density at radius 3 is 2.81 bits per heavy atom. The van der Waals surface area contributed by atoms with Crippen LogP contribution in [0.2, 0.25) is 0 Å². The molecule has 0 spiro atoms. The fraction of sp³-hybridized carbons (Fsp3) is 0.533. The van der Waals surface area contributed by atoms with Crippen molar-refractivity contribution in [1.82, 2.24) is 4.90 Å². The number of carbonyl (C=O) groups is 1. The van der Waals surface area contributed by atoms with Crippen LogP contribution in [0.1, 0.15) is 6.42 Å². The van der Waals surface area contributed by atoms with E-state index >= 15 is 0 Å². The maximum atomic E-state index is 13.2. The number of nitrogens with zero attached hydrogens (tertiary/aromatic N) is 1. The average molecular weight is 297 g/mol. The Hall–Kier alpha value is -1.66. The quantitative estimate of drug-likeness (QED) is 0.763. The van der Waals surface area contributed by atoms with Gasteiger partial charge in [0.05, 0.1) is 25.8 Å². The number of aliphatic hydroxyl groups excluding tert-OH is 1. The summed E-state index contributed by atoms with van der Waals surface area (Å²) in [6.45, 7) is 0.308. The molecule has 1 aromatic rings. The molecule has 0 aromatic heterocycles. The van der Waals surface area contributed by atoms with Crippen molar-refractivity contribution in [2.75, 3.05) is 33.0 Å². The molecule has 1 heterocycles. The van der Waals surface area contributed by atoms with Crippen LogP contribution >= 0.6 is 0 Å². The van der Waals surface area contributed by atoms with Crippen LogP contribution in [0.5, 0.6) is 5.75 Å². The molecule has 6 heteroatoms. The molecule has 1 saturated heterocycles. The number of para-hydroxylation sites is 1. The predicted molar refractivity (Wildman–Crippen MR) is 74.9 cm³/mol. The summed E-state index contributed by atoms with van der Waals surface area (Å²) in [4.78, 5) is 13.2. The topological polar surface area (TPSA) is 59.0 Å². The fourth-order valence-electron chi connectivity index (χ4n) is 2.32. The van der Waals surface area contributed by atoms with Gasteiger partial charge in [-0.25, -0.2) is 4.39 Å². The maximum absolute atomic E-state index is 13.2. The Morgan fingerprint density at radius 2 is 2.10 bits per heavy atom. The normalized spacial score (nSPS) is 21.5. The molecular formula is C15H20FNO4. The van der Waals surface area contributed by atoms with Crippen LogP contribution in [0.3, 0.4) is 0 Å². The van der Waals surface area contributed by atoms with Crippen LogP contribution in [0, 0.1) is 0 Å². The number of hydrogen-bond donors (Lipinski definition) is 1. The van der Waals surface area contributed by atoms with Crippen molar-refractivity contribution in [3.05, 3.63) is 30.3 Å². The summed E-state index contributed by atoms with van der Waals surface area (Å²) in [5.74, 6) is 0.446. The van der Waals surface area contributed by atoms with Gasteiger partial charge in [0.15, 0.2) is 0 Å². The van der Waals surface area contributed by atoms with E-state index in [4.69, 9.17) is 14.6 Å². The van der Waals surface area contributed by atoms with Gasteiger partial charge in [0.25, 0.3) is 0 Å². The number of alkyl halides is 1. The summed E-state index contributed by atoms with van der Waals surface area (Å²) in [5, 5.41) is 9.12. The number of amides is 1. The van der Waals surface area contributed by atoms with Crippen LogP contribution in [0.25, 0.3) is 0 Å². The van der Waals surface area contributed by atoms with E-state index in [1.54, 1.807) is 0 Å².